The first kappa shape index (κ1) is 17.1. The fraction of sp³-hybridized carbons (Fsp3) is 0.238. The van der Waals surface area contributed by atoms with Crippen LogP contribution in [0.2, 0.25) is 0 Å². The zero-order chi connectivity index (χ0) is 18.8. The van der Waals surface area contributed by atoms with E-state index in [0.29, 0.717) is 11.3 Å². The van der Waals surface area contributed by atoms with E-state index in [-0.39, 0.29) is 24.4 Å². The van der Waals surface area contributed by atoms with Crippen LogP contribution in [0.1, 0.15) is 23.2 Å². The lowest BCUT2D eigenvalue weighted by Gasteiger charge is -2.18. The van der Waals surface area contributed by atoms with Crippen molar-refractivity contribution >= 4 is 22.7 Å². The number of likely N-dealkylation sites (N-methyl/N-ethyl adjacent to an activating group) is 1. The number of para-hydroxylation sites is 1. The SMILES string of the molecule is CN(CC(=O)NC1CC1)C(=O)c1cc(-c2cccnc2)nc2ccccc12. The number of benzene rings is 1. The summed E-state index contributed by atoms with van der Waals surface area (Å²) >= 11 is 0. The number of nitrogens with one attached hydrogen (secondary N) is 1. The van der Waals surface area contributed by atoms with E-state index in [1.807, 2.05) is 36.4 Å². The Kier molecular flexibility index (Phi) is 4.54. The largest absolute Gasteiger partial charge is 0.352 e. The molecule has 0 aliphatic heterocycles. The molecule has 3 aromatic rings. The standard InChI is InChI=1S/C21H20N4O2/c1-25(13-20(26)23-15-8-9-15)21(27)17-11-19(14-5-4-10-22-12-14)24-18-7-3-2-6-16(17)18/h2-7,10-12,15H,8-9,13H2,1H3,(H,23,26). The van der Waals surface area contributed by atoms with Gasteiger partial charge in [0.2, 0.25) is 5.91 Å². The Morgan fingerprint density at radius 3 is 2.74 bits per heavy atom. The third-order valence-corrected chi connectivity index (χ3v) is 4.57. The predicted octanol–water partition coefficient (Wildman–Crippen LogP) is 2.65. The highest BCUT2D eigenvalue weighted by Crippen LogP contribution is 2.25. The average molecular weight is 360 g/mol. The number of hydrogen-bond donors (Lipinski definition) is 1. The summed E-state index contributed by atoms with van der Waals surface area (Å²) in [4.78, 5) is 35.4. The van der Waals surface area contributed by atoms with Gasteiger partial charge in [0, 0.05) is 36.4 Å². The number of rotatable bonds is 5. The normalized spacial score (nSPS) is 13.4. The van der Waals surface area contributed by atoms with Crippen LogP contribution in [-0.2, 0) is 4.79 Å². The second-order valence-electron chi connectivity index (χ2n) is 6.82. The van der Waals surface area contributed by atoms with Crippen molar-refractivity contribution in [3.63, 3.8) is 0 Å². The van der Waals surface area contributed by atoms with Crippen molar-refractivity contribution in [2.24, 2.45) is 0 Å². The highest BCUT2D eigenvalue weighted by atomic mass is 16.2. The molecule has 0 atom stereocenters. The van der Waals surface area contributed by atoms with Crippen LogP contribution in [0, 0.1) is 0 Å². The molecule has 2 aromatic heterocycles. The first-order chi connectivity index (χ1) is 13.1. The van der Waals surface area contributed by atoms with Crippen LogP contribution in [0.15, 0.2) is 54.9 Å². The first-order valence-corrected chi connectivity index (χ1v) is 8.97. The van der Waals surface area contributed by atoms with Crippen LogP contribution in [0.3, 0.4) is 0 Å². The second-order valence-corrected chi connectivity index (χ2v) is 6.82. The number of carbonyl (C=O) groups is 2. The highest BCUT2D eigenvalue weighted by molar-refractivity contribution is 6.07. The summed E-state index contributed by atoms with van der Waals surface area (Å²) in [5.74, 6) is -0.330. The molecular weight excluding hydrogens is 340 g/mol. The molecule has 136 valence electrons. The molecule has 6 nitrogen and oxygen atoms in total. The van der Waals surface area contributed by atoms with Gasteiger partial charge in [-0.05, 0) is 37.1 Å². The summed E-state index contributed by atoms with van der Waals surface area (Å²) in [6.45, 7) is 0.0359. The van der Waals surface area contributed by atoms with Crippen molar-refractivity contribution in [3.05, 3.63) is 60.4 Å². The summed E-state index contributed by atoms with van der Waals surface area (Å²) in [6, 6.07) is 13.3. The van der Waals surface area contributed by atoms with E-state index in [1.54, 1.807) is 25.5 Å². The summed E-state index contributed by atoms with van der Waals surface area (Å²) in [5.41, 5.74) is 2.78. The van der Waals surface area contributed by atoms with E-state index in [0.717, 1.165) is 29.3 Å². The molecule has 1 fully saturated rings. The second kappa shape index (κ2) is 7.15. The molecule has 2 heterocycles. The molecule has 6 heteroatoms. The molecule has 1 saturated carbocycles. The third kappa shape index (κ3) is 3.79. The Morgan fingerprint density at radius 2 is 2.00 bits per heavy atom. The van der Waals surface area contributed by atoms with Crippen molar-refractivity contribution < 1.29 is 9.59 Å². The smallest absolute Gasteiger partial charge is 0.254 e. The van der Waals surface area contributed by atoms with E-state index in [1.165, 1.54) is 4.90 Å². The molecule has 4 rings (SSSR count). The van der Waals surface area contributed by atoms with E-state index in [2.05, 4.69) is 15.3 Å². The van der Waals surface area contributed by atoms with Gasteiger partial charge in [-0.2, -0.15) is 0 Å². The number of aromatic nitrogens is 2. The van der Waals surface area contributed by atoms with Crippen LogP contribution in [0.5, 0.6) is 0 Å². The number of nitrogens with zero attached hydrogens (tertiary/aromatic N) is 3. The number of hydrogen-bond acceptors (Lipinski definition) is 4. The molecule has 0 spiro atoms. The molecule has 0 unspecified atom stereocenters. The summed E-state index contributed by atoms with van der Waals surface area (Å²) in [5, 5.41) is 3.68. The molecular formula is C21H20N4O2. The van der Waals surface area contributed by atoms with Gasteiger partial charge in [-0.1, -0.05) is 18.2 Å². The summed E-state index contributed by atoms with van der Waals surface area (Å²) in [7, 11) is 1.65. The van der Waals surface area contributed by atoms with Gasteiger partial charge in [0.25, 0.3) is 5.91 Å². The van der Waals surface area contributed by atoms with E-state index in [9.17, 15) is 9.59 Å². The van der Waals surface area contributed by atoms with Gasteiger partial charge in [0.05, 0.1) is 23.3 Å². The minimum atomic E-state index is -0.204. The van der Waals surface area contributed by atoms with Gasteiger partial charge in [-0.3, -0.25) is 14.6 Å². The Bertz CT molecular complexity index is 999. The average Bonchev–Trinajstić information content (AvgIpc) is 3.51. The zero-order valence-electron chi connectivity index (χ0n) is 15.1. The number of pyridine rings is 2. The van der Waals surface area contributed by atoms with Crippen molar-refractivity contribution in [2.45, 2.75) is 18.9 Å². The molecule has 0 radical (unpaired) electrons. The Hall–Kier alpha value is -3.28. The molecule has 0 saturated heterocycles. The van der Waals surface area contributed by atoms with Crippen molar-refractivity contribution in [1.82, 2.24) is 20.2 Å². The molecule has 1 N–H and O–H groups in total. The highest BCUT2D eigenvalue weighted by Gasteiger charge is 2.25. The van der Waals surface area contributed by atoms with Crippen LogP contribution >= 0.6 is 0 Å². The van der Waals surface area contributed by atoms with Crippen LogP contribution in [-0.4, -0.2) is 46.3 Å². The van der Waals surface area contributed by atoms with Gasteiger partial charge in [-0.15, -0.1) is 0 Å². The fourth-order valence-corrected chi connectivity index (χ4v) is 3.01. The molecule has 0 bridgehead atoms. The third-order valence-electron chi connectivity index (χ3n) is 4.57. The minimum absolute atomic E-state index is 0.0359. The maximum atomic E-state index is 13.1. The predicted molar refractivity (Wildman–Crippen MR) is 103 cm³/mol. The van der Waals surface area contributed by atoms with Gasteiger partial charge >= 0.3 is 0 Å². The molecule has 1 aliphatic carbocycles. The van der Waals surface area contributed by atoms with Crippen molar-refractivity contribution in [3.8, 4) is 11.3 Å². The number of carbonyl (C=O) groups excluding carboxylic acids is 2. The monoisotopic (exact) mass is 360 g/mol. The maximum absolute atomic E-state index is 13.1. The van der Waals surface area contributed by atoms with Crippen LogP contribution < -0.4 is 5.32 Å². The zero-order valence-corrected chi connectivity index (χ0v) is 15.1. The Balaban J connectivity index is 1.68. The quantitative estimate of drug-likeness (QED) is 0.759. The molecule has 1 aromatic carbocycles. The first-order valence-electron chi connectivity index (χ1n) is 8.97. The van der Waals surface area contributed by atoms with E-state index in [4.69, 9.17) is 0 Å². The van der Waals surface area contributed by atoms with Gasteiger partial charge in [0.1, 0.15) is 0 Å². The van der Waals surface area contributed by atoms with E-state index < -0.39 is 0 Å². The number of amides is 2. The molecule has 27 heavy (non-hydrogen) atoms. The van der Waals surface area contributed by atoms with Gasteiger partial charge < -0.3 is 10.2 Å². The van der Waals surface area contributed by atoms with Crippen molar-refractivity contribution in [1.29, 1.82) is 0 Å². The van der Waals surface area contributed by atoms with Crippen LogP contribution in [0.25, 0.3) is 22.2 Å². The minimum Gasteiger partial charge on any atom is -0.352 e. The topological polar surface area (TPSA) is 75.2 Å². The lowest BCUT2D eigenvalue weighted by atomic mass is 10.0. The van der Waals surface area contributed by atoms with Crippen LogP contribution in [0.4, 0.5) is 0 Å². The van der Waals surface area contributed by atoms with E-state index >= 15 is 0 Å². The summed E-state index contributed by atoms with van der Waals surface area (Å²) in [6.07, 6.45) is 5.46. The lowest BCUT2D eigenvalue weighted by Crippen LogP contribution is -2.39. The maximum Gasteiger partial charge on any atom is 0.254 e. The molecule has 2 amide bonds. The molecule has 1 aliphatic rings. The summed E-state index contributed by atoms with van der Waals surface area (Å²) < 4.78 is 0. The lowest BCUT2D eigenvalue weighted by molar-refractivity contribution is -0.121. The number of fused-ring (bicyclic) bond motifs is 1. The van der Waals surface area contributed by atoms with Gasteiger partial charge in [-0.25, -0.2) is 4.98 Å². The van der Waals surface area contributed by atoms with Crippen molar-refractivity contribution in [2.75, 3.05) is 13.6 Å². The Labute approximate surface area is 157 Å². The van der Waals surface area contributed by atoms with Gasteiger partial charge in [0.15, 0.2) is 0 Å². The fourth-order valence-electron chi connectivity index (χ4n) is 3.01. The Morgan fingerprint density at radius 1 is 1.19 bits per heavy atom.